The summed E-state index contributed by atoms with van der Waals surface area (Å²) in [7, 11) is 1.25. The molecule has 0 aromatic heterocycles. The third-order valence-electron chi connectivity index (χ3n) is 2.20. The highest BCUT2D eigenvalue weighted by atomic mass is 16.6. The van der Waals surface area contributed by atoms with Gasteiger partial charge in [0, 0.05) is 24.1 Å². The Bertz CT molecular complexity index is 539. The van der Waals surface area contributed by atoms with Gasteiger partial charge in [0.05, 0.1) is 17.6 Å². The number of carbonyl (C=O) groups excluding carboxylic acids is 1. The number of azide groups is 1. The molecular formula is C10H11N5O4. The summed E-state index contributed by atoms with van der Waals surface area (Å²) in [5, 5.41) is 16.5. The first kappa shape index (κ1) is 14.3. The third-order valence-corrected chi connectivity index (χ3v) is 2.20. The molecule has 0 heterocycles. The van der Waals surface area contributed by atoms with Crippen molar-refractivity contribution in [1.82, 2.24) is 5.32 Å². The van der Waals surface area contributed by atoms with Gasteiger partial charge in [0.1, 0.15) is 0 Å². The van der Waals surface area contributed by atoms with Crippen LogP contribution in [0.15, 0.2) is 23.3 Å². The van der Waals surface area contributed by atoms with Crippen LogP contribution in [-0.4, -0.2) is 31.0 Å². The fraction of sp³-hybridized carbons (Fsp3) is 0.300. The van der Waals surface area contributed by atoms with Crippen molar-refractivity contribution in [3.8, 4) is 5.75 Å². The van der Waals surface area contributed by atoms with Crippen molar-refractivity contribution in [2.45, 2.75) is 0 Å². The number of ether oxygens (including phenoxy) is 1. The lowest BCUT2D eigenvalue weighted by Gasteiger charge is -2.08. The number of methoxy groups -OCH3 is 1. The highest BCUT2D eigenvalue weighted by Gasteiger charge is 2.21. The lowest BCUT2D eigenvalue weighted by molar-refractivity contribution is -0.385. The second-order valence-corrected chi connectivity index (χ2v) is 3.33. The Kier molecular flexibility index (Phi) is 5.12. The van der Waals surface area contributed by atoms with E-state index in [4.69, 9.17) is 10.3 Å². The second-order valence-electron chi connectivity index (χ2n) is 3.33. The molecule has 1 aromatic carbocycles. The summed E-state index contributed by atoms with van der Waals surface area (Å²) in [5.41, 5.74) is 7.85. The molecule has 9 heteroatoms. The van der Waals surface area contributed by atoms with Crippen LogP contribution in [0, 0.1) is 10.1 Å². The monoisotopic (exact) mass is 265 g/mol. The molecule has 1 amide bonds. The van der Waals surface area contributed by atoms with E-state index in [1.54, 1.807) is 0 Å². The molecule has 19 heavy (non-hydrogen) atoms. The first-order valence-corrected chi connectivity index (χ1v) is 5.22. The Morgan fingerprint density at radius 1 is 1.63 bits per heavy atom. The summed E-state index contributed by atoms with van der Waals surface area (Å²) in [6.45, 7) is 0.230. The van der Waals surface area contributed by atoms with Gasteiger partial charge in [0.25, 0.3) is 5.91 Å². The number of nitrogens with one attached hydrogen (secondary N) is 1. The summed E-state index contributed by atoms with van der Waals surface area (Å²) in [6.07, 6.45) is 0. The predicted molar refractivity (Wildman–Crippen MR) is 66.0 cm³/mol. The molecule has 0 unspecified atom stereocenters. The highest BCUT2D eigenvalue weighted by Crippen LogP contribution is 2.30. The van der Waals surface area contributed by atoms with Crippen LogP contribution in [0.25, 0.3) is 10.4 Å². The largest absolute Gasteiger partial charge is 0.490 e. The smallest absolute Gasteiger partial charge is 0.311 e. The second kappa shape index (κ2) is 6.82. The minimum atomic E-state index is -0.629. The molecule has 0 radical (unpaired) electrons. The molecule has 1 rings (SSSR count). The number of carbonyl (C=O) groups is 1. The van der Waals surface area contributed by atoms with Gasteiger partial charge in [-0.25, -0.2) is 0 Å². The lowest BCUT2D eigenvalue weighted by atomic mass is 10.1. The average molecular weight is 265 g/mol. The van der Waals surface area contributed by atoms with Crippen molar-refractivity contribution in [1.29, 1.82) is 0 Å². The van der Waals surface area contributed by atoms with Crippen molar-refractivity contribution < 1.29 is 14.5 Å². The van der Waals surface area contributed by atoms with E-state index in [9.17, 15) is 14.9 Å². The molecule has 1 aromatic rings. The molecule has 0 atom stereocenters. The fourth-order valence-corrected chi connectivity index (χ4v) is 1.42. The van der Waals surface area contributed by atoms with Crippen LogP contribution in [0.3, 0.4) is 0 Å². The van der Waals surface area contributed by atoms with Gasteiger partial charge in [-0.3, -0.25) is 14.9 Å². The summed E-state index contributed by atoms with van der Waals surface area (Å²) in [4.78, 5) is 24.5. The van der Waals surface area contributed by atoms with Crippen LogP contribution < -0.4 is 10.1 Å². The Morgan fingerprint density at radius 2 is 2.37 bits per heavy atom. The maximum atomic E-state index is 11.8. The van der Waals surface area contributed by atoms with Crippen molar-refractivity contribution in [3.05, 3.63) is 44.3 Å². The van der Waals surface area contributed by atoms with Gasteiger partial charge in [-0.1, -0.05) is 11.2 Å². The van der Waals surface area contributed by atoms with Gasteiger partial charge in [-0.2, -0.15) is 0 Å². The zero-order valence-electron chi connectivity index (χ0n) is 10.1. The summed E-state index contributed by atoms with van der Waals surface area (Å²) >= 11 is 0. The molecule has 1 N–H and O–H groups in total. The molecule has 100 valence electrons. The molecule has 0 fully saturated rings. The van der Waals surface area contributed by atoms with E-state index >= 15 is 0 Å². The van der Waals surface area contributed by atoms with E-state index in [1.165, 1.54) is 25.3 Å². The zero-order chi connectivity index (χ0) is 14.3. The van der Waals surface area contributed by atoms with E-state index in [0.717, 1.165) is 0 Å². The van der Waals surface area contributed by atoms with E-state index < -0.39 is 10.8 Å². The minimum Gasteiger partial charge on any atom is -0.490 e. The maximum absolute atomic E-state index is 11.8. The summed E-state index contributed by atoms with van der Waals surface area (Å²) in [6, 6.07) is 4.05. The minimum absolute atomic E-state index is 0.0534. The van der Waals surface area contributed by atoms with Crippen molar-refractivity contribution >= 4 is 11.6 Å². The van der Waals surface area contributed by atoms with Crippen LogP contribution in [0.1, 0.15) is 10.4 Å². The molecule has 0 spiro atoms. The number of rotatable bonds is 6. The topological polar surface area (TPSA) is 130 Å². The quantitative estimate of drug-likeness (QED) is 0.209. The van der Waals surface area contributed by atoms with Gasteiger partial charge in [-0.05, 0) is 11.6 Å². The van der Waals surface area contributed by atoms with Gasteiger partial charge in [0.2, 0.25) is 5.75 Å². The average Bonchev–Trinajstić information content (AvgIpc) is 2.42. The normalized spacial score (nSPS) is 9.32. The van der Waals surface area contributed by atoms with E-state index in [1.807, 2.05) is 0 Å². The maximum Gasteiger partial charge on any atom is 0.311 e. The fourth-order valence-electron chi connectivity index (χ4n) is 1.42. The molecule has 0 aliphatic heterocycles. The van der Waals surface area contributed by atoms with Crippen molar-refractivity contribution in [2.24, 2.45) is 5.11 Å². The van der Waals surface area contributed by atoms with Crippen molar-refractivity contribution in [2.75, 3.05) is 20.2 Å². The van der Waals surface area contributed by atoms with Gasteiger partial charge >= 0.3 is 5.69 Å². The molecule has 0 aliphatic carbocycles. The third kappa shape index (κ3) is 3.58. The number of benzene rings is 1. The molecule has 0 bridgehead atoms. The molecular weight excluding hydrogens is 254 g/mol. The van der Waals surface area contributed by atoms with Gasteiger partial charge in [0.15, 0.2) is 0 Å². The highest BCUT2D eigenvalue weighted by molar-refractivity contribution is 5.98. The Morgan fingerprint density at radius 3 is 2.95 bits per heavy atom. The number of hydrogen-bond acceptors (Lipinski definition) is 5. The van der Waals surface area contributed by atoms with Gasteiger partial charge < -0.3 is 10.1 Å². The SMILES string of the molecule is COc1c(C(=O)NCCN=[N+]=[N-])cccc1[N+](=O)[O-]. The van der Waals surface area contributed by atoms with Crippen LogP contribution in [0.5, 0.6) is 5.75 Å². The number of nitrogens with zero attached hydrogens (tertiary/aromatic N) is 4. The van der Waals surface area contributed by atoms with E-state index in [-0.39, 0.29) is 30.1 Å². The first-order valence-electron chi connectivity index (χ1n) is 5.22. The molecule has 0 saturated carbocycles. The Balaban J connectivity index is 2.93. The number of hydrogen-bond donors (Lipinski definition) is 1. The summed E-state index contributed by atoms with van der Waals surface area (Å²) < 4.78 is 4.90. The molecule has 0 saturated heterocycles. The van der Waals surface area contributed by atoms with Crippen LogP contribution in [-0.2, 0) is 0 Å². The number of amides is 1. The Hall–Kier alpha value is -2.80. The van der Waals surface area contributed by atoms with Crippen molar-refractivity contribution in [3.63, 3.8) is 0 Å². The van der Waals surface area contributed by atoms with Crippen LogP contribution >= 0.6 is 0 Å². The molecule has 9 nitrogen and oxygen atoms in total. The number of para-hydroxylation sites is 1. The summed E-state index contributed by atoms with van der Waals surface area (Å²) in [5.74, 6) is -0.637. The van der Waals surface area contributed by atoms with Gasteiger partial charge in [-0.15, -0.1) is 0 Å². The lowest BCUT2D eigenvalue weighted by Crippen LogP contribution is -2.26. The Labute approximate surface area is 108 Å². The molecule has 0 aliphatic rings. The first-order chi connectivity index (χ1) is 9.11. The number of nitro groups is 1. The number of nitro benzene ring substituents is 1. The van der Waals surface area contributed by atoms with E-state index in [0.29, 0.717) is 0 Å². The van der Waals surface area contributed by atoms with E-state index in [2.05, 4.69) is 15.3 Å². The predicted octanol–water partition coefficient (Wildman–Crippen LogP) is 1.64. The van der Waals surface area contributed by atoms with Crippen LogP contribution in [0.2, 0.25) is 0 Å². The zero-order valence-corrected chi connectivity index (χ0v) is 10.1. The van der Waals surface area contributed by atoms with Crippen LogP contribution in [0.4, 0.5) is 5.69 Å². The standard InChI is InChI=1S/C10H11N5O4/c1-19-9-7(3-2-4-8(9)15(17)18)10(16)12-5-6-13-14-11/h2-4H,5-6H2,1H3,(H,12,16).